The van der Waals surface area contributed by atoms with E-state index >= 15 is 0 Å². The van der Waals surface area contributed by atoms with Gasteiger partial charge in [-0.25, -0.2) is 0 Å². The Morgan fingerprint density at radius 2 is 1.96 bits per heavy atom. The van der Waals surface area contributed by atoms with Crippen molar-refractivity contribution in [2.75, 3.05) is 13.1 Å². The third-order valence-corrected chi connectivity index (χ3v) is 5.54. The highest BCUT2D eigenvalue weighted by Crippen LogP contribution is 2.40. The molecule has 1 saturated carbocycles. The van der Waals surface area contributed by atoms with Crippen molar-refractivity contribution in [1.82, 2.24) is 10.6 Å². The molecule has 1 aliphatic heterocycles. The minimum atomic E-state index is 0. The van der Waals surface area contributed by atoms with E-state index in [-0.39, 0.29) is 29.6 Å². The predicted molar refractivity (Wildman–Crippen MR) is 97.0 cm³/mol. The molecule has 128 valence electrons. The van der Waals surface area contributed by atoms with Crippen molar-refractivity contribution in [1.29, 1.82) is 0 Å². The maximum absolute atomic E-state index is 12.5. The molecule has 1 aromatic carbocycles. The van der Waals surface area contributed by atoms with Crippen molar-refractivity contribution < 1.29 is 4.79 Å². The summed E-state index contributed by atoms with van der Waals surface area (Å²) < 4.78 is 0. The maximum atomic E-state index is 12.5. The lowest BCUT2D eigenvalue weighted by Crippen LogP contribution is -2.45. The van der Waals surface area contributed by atoms with Gasteiger partial charge in [0.05, 0.1) is 0 Å². The molecule has 0 aromatic heterocycles. The van der Waals surface area contributed by atoms with E-state index in [2.05, 4.69) is 47.9 Å². The predicted octanol–water partition coefficient (Wildman–Crippen LogP) is 3.42. The lowest BCUT2D eigenvalue weighted by molar-refractivity contribution is -0.126. The van der Waals surface area contributed by atoms with Gasteiger partial charge in [-0.15, -0.1) is 12.4 Å². The second kappa shape index (κ2) is 8.16. The van der Waals surface area contributed by atoms with Crippen molar-refractivity contribution in [2.24, 2.45) is 5.92 Å². The molecule has 2 aliphatic rings. The third-order valence-electron chi connectivity index (χ3n) is 5.54. The van der Waals surface area contributed by atoms with Crippen molar-refractivity contribution >= 4 is 18.3 Å². The number of carbonyl (C=O) groups is 1. The first kappa shape index (κ1) is 18.3. The molecular formula is C19H29ClN2O. The zero-order valence-electron chi connectivity index (χ0n) is 14.0. The molecule has 1 heterocycles. The summed E-state index contributed by atoms with van der Waals surface area (Å²) in [5.74, 6) is 0.445. The van der Waals surface area contributed by atoms with Gasteiger partial charge >= 0.3 is 0 Å². The van der Waals surface area contributed by atoms with Crippen molar-refractivity contribution in [3.8, 4) is 0 Å². The summed E-state index contributed by atoms with van der Waals surface area (Å²) in [5, 5.41) is 6.70. The highest BCUT2D eigenvalue weighted by molar-refractivity contribution is 5.85. The summed E-state index contributed by atoms with van der Waals surface area (Å²) in [6.07, 6.45) is 6.86. The van der Waals surface area contributed by atoms with Gasteiger partial charge in [0.25, 0.3) is 0 Å². The minimum Gasteiger partial charge on any atom is -0.355 e. The molecule has 0 radical (unpaired) electrons. The number of benzene rings is 1. The third kappa shape index (κ3) is 4.27. The van der Waals surface area contributed by atoms with E-state index in [0.29, 0.717) is 6.04 Å². The maximum Gasteiger partial charge on any atom is 0.223 e. The zero-order chi connectivity index (χ0) is 15.4. The number of piperidine rings is 1. The van der Waals surface area contributed by atoms with Crippen LogP contribution in [-0.2, 0) is 10.2 Å². The zero-order valence-corrected chi connectivity index (χ0v) is 14.8. The van der Waals surface area contributed by atoms with Crippen LogP contribution in [0.5, 0.6) is 0 Å². The smallest absolute Gasteiger partial charge is 0.223 e. The number of hydrogen-bond acceptors (Lipinski definition) is 2. The van der Waals surface area contributed by atoms with Crippen LogP contribution in [0.3, 0.4) is 0 Å². The first-order valence-corrected chi connectivity index (χ1v) is 8.76. The lowest BCUT2D eigenvalue weighted by Gasteiger charge is -2.32. The number of rotatable bonds is 4. The van der Waals surface area contributed by atoms with Gasteiger partial charge in [-0.3, -0.25) is 4.79 Å². The normalized spacial score (nSPS) is 26.3. The molecule has 2 fully saturated rings. The Morgan fingerprint density at radius 3 is 2.61 bits per heavy atom. The molecule has 2 atom stereocenters. The largest absolute Gasteiger partial charge is 0.355 e. The lowest BCUT2D eigenvalue weighted by atomic mass is 9.78. The Kier molecular flexibility index (Phi) is 6.49. The fourth-order valence-corrected chi connectivity index (χ4v) is 4.18. The number of halogens is 1. The summed E-state index contributed by atoms with van der Waals surface area (Å²) in [6.45, 7) is 3.93. The van der Waals surface area contributed by atoms with Crippen LogP contribution in [0.4, 0.5) is 0 Å². The Labute approximate surface area is 146 Å². The van der Waals surface area contributed by atoms with E-state index in [1.54, 1.807) is 0 Å². The molecule has 1 saturated heterocycles. The van der Waals surface area contributed by atoms with Crippen molar-refractivity contribution in [2.45, 2.75) is 56.9 Å². The number of hydrogen-bond donors (Lipinski definition) is 2. The molecule has 3 rings (SSSR count). The average Bonchev–Trinajstić information content (AvgIpc) is 3.04. The fourth-order valence-electron chi connectivity index (χ4n) is 4.18. The molecule has 0 bridgehead atoms. The first-order chi connectivity index (χ1) is 10.7. The van der Waals surface area contributed by atoms with Gasteiger partial charge in [0.15, 0.2) is 0 Å². The molecule has 0 unspecified atom stereocenters. The van der Waals surface area contributed by atoms with E-state index < -0.39 is 0 Å². The van der Waals surface area contributed by atoms with Gasteiger partial charge < -0.3 is 10.6 Å². The van der Waals surface area contributed by atoms with E-state index in [1.165, 1.54) is 31.2 Å². The molecule has 0 spiro atoms. The highest BCUT2D eigenvalue weighted by atomic mass is 35.5. The van der Waals surface area contributed by atoms with Gasteiger partial charge in [0.2, 0.25) is 5.91 Å². The van der Waals surface area contributed by atoms with Crippen molar-refractivity contribution in [3.63, 3.8) is 0 Å². The number of nitrogens with one attached hydrogen (secondary N) is 2. The van der Waals surface area contributed by atoms with Crippen LogP contribution in [0.2, 0.25) is 0 Å². The summed E-state index contributed by atoms with van der Waals surface area (Å²) >= 11 is 0. The summed E-state index contributed by atoms with van der Waals surface area (Å²) in [6, 6.07) is 11.2. The summed E-state index contributed by atoms with van der Waals surface area (Å²) in [7, 11) is 0. The van der Waals surface area contributed by atoms with Gasteiger partial charge in [0, 0.05) is 23.9 Å². The quantitative estimate of drug-likeness (QED) is 0.884. The van der Waals surface area contributed by atoms with E-state index in [0.717, 1.165) is 25.9 Å². The molecule has 3 nitrogen and oxygen atoms in total. The average molecular weight is 337 g/mol. The van der Waals surface area contributed by atoms with Gasteiger partial charge in [0.1, 0.15) is 0 Å². The van der Waals surface area contributed by atoms with Crippen LogP contribution in [0.25, 0.3) is 0 Å². The van der Waals surface area contributed by atoms with Crippen LogP contribution < -0.4 is 10.6 Å². The molecule has 2 N–H and O–H groups in total. The fraction of sp³-hybridized carbons (Fsp3) is 0.632. The second-order valence-corrected chi connectivity index (χ2v) is 7.15. The van der Waals surface area contributed by atoms with E-state index in [1.807, 2.05) is 0 Å². The van der Waals surface area contributed by atoms with Crippen LogP contribution in [0.1, 0.15) is 51.0 Å². The van der Waals surface area contributed by atoms with Gasteiger partial charge in [-0.1, -0.05) is 43.2 Å². The molecule has 23 heavy (non-hydrogen) atoms. The Balaban J connectivity index is 0.00000192. The minimum absolute atomic E-state index is 0. The van der Waals surface area contributed by atoms with Crippen LogP contribution in [0, 0.1) is 5.92 Å². The highest BCUT2D eigenvalue weighted by Gasteiger charge is 2.36. The Hall–Kier alpha value is -1.06. The molecule has 1 aliphatic carbocycles. The number of amides is 1. The van der Waals surface area contributed by atoms with Gasteiger partial charge in [-0.2, -0.15) is 0 Å². The van der Waals surface area contributed by atoms with Crippen LogP contribution >= 0.6 is 12.4 Å². The Morgan fingerprint density at radius 1 is 1.26 bits per heavy atom. The summed E-state index contributed by atoms with van der Waals surface area (Å²) in [5.41, 5.74) is 1.56. The monoisotopic (exact) mass is 336 g/mol. The standard InChI is InChI=1S/C19H28N2O.ClH/c1-15-13-16(9-12-20-15)18(22)21-14-19(10-5-6-11-19)17-7-3-2-4-8-17;/h2-4,7-8,15-16,20H,5-6,9-14H2,1H3,(H,21,22);1H/t15-,16-;/m0./s1. The van der Waals surface area contributed by atoms with Crippen LogP contribution in [0.15, 0.2) is 30.3 Å². The van der Waals surface area contributed by atoms with Gasteiger partial charge in [-0.05, 0) is 44.7 Å². The molecule has 1 amide bonds. The molecule has 1 aromatic rings. The second-order valence-electron chi connectivity index (χ2n) is 7.15. The topological polar surface area (TPSA) is 41.1 Å². The van der Waals surface area contributed by atoms with Crippen molar-refractivity contribution in [3.05, 3.63) is 35.9 Å². The first-order valence-electron chi connectivity index (χ1n) is 8.76. The van der Waals surface area contributed by atoms with Crippen LogP contribution in [-0.4, -0.2) is 25.0 Å². The Bertz CT molecular complexity index is 499. The molecule has 4 heteroatoms. The summed E-state index contributed by atoms with van der Waals surface area (Å²) in [4.78, 5) is 12.5. The van der Waals surface area contributed by atoms with E-state index in [9.17, 15) is 4.79 Å². The SMILES string of the molecule is C[C@H]1C[C@@H](C(=O)NCC2(c3ccccc3)CCCC2)CCN1.Cl. The molecular weight excluding hydrogens is 308 g/mol. The number of carbonyl (C=O) groups excluding carboxylic acids is 1. The van der Waals surface area contributed by atoms with E-state index in [4.69, 9.17) is 0 Å².